The maximum atomic E-state index is 11.5. The second kappa shape index (κ2) is 11.3. The number of aliphatic carboxylic acids is 2. The zero-order chi connectivity index (χ0) is 25.7. The quantitative estimate of drug-likeness (QED) is 0.430. The molecule has 9 heteroatoms. The van der Waals surface area contributed by atoms with E-state index >= 15 is 0 Å². The number of carbonyl (C=O) groups is 2. The molecule has 3 aromatic rings. The van der Waals surface area contributed by atoms with Crippen LogP contribution in [-0.4, -0.2) is 63.4 Å². The first-order chi connectivity index (χ1) is 17.3. The van der Waals surface area contributed by atoms with Crippen molar-refractivity contribution in [1.82, 2.24) is 15.3 Å². The summed E-state index contributed by atoms with van der Waals surface area (Å²) in [4.78, 5) is 33.2. The van der Waals surface area contributed by atoms with Crippen LogP contribution < -0.4 is 10.2 Å². The van der Waals surface area contributed by atoms with Gasteiger partial charge in [-0.3, -0.25) is 9.59 Å². The highest BCUT2D eigenvalue weighted by molar-refractivity contribution is 5.92. The fraction of sp³-hybridized carbons (Fsp3) is 0.407. The van der Waals surface area contributed by atoms with Crippen molar-refractivity contribution in [2.75, 3.05) is 31.1 Å². The molecule has 36 heavy (non-hydrogen) atoms. The number of nitrogens with one attached hydrogen (secondary N) is 1. The van der Waals surface area contributed by atoms with Gasteiger partial charge in [-0.15, -0.1) is 0 Å². The largest absolute Gasteiger partial charge is 0.507 e. The lowest BCUT2D eigenvalue weighted by Crippen LogP contribution is -2.39. The molecule has 2 atom stereocenters. The van der Waals surface area contributed by atoms with Crippen LogP contribution in [0.15, 0.2) is 42.5 Å². The van der Waals surface area contributed by atoms with E-state index in [1.54, 1.807) is 18.2 Å². The topological polar surface area (TPSA) is 136 Å². The first kappa shape index (κ1) is 25.4. The Bertz CT molecular complexity index is 1240. The van der Waals surface area contributed by atoms with E-state index in [1.165, 1.54) is 0 Å². The fourth-order valence-electron chi connectivity index (χ4n) is 4.68. The lowest BCUT2D eigenvalue weighted by atomic mass is 9.98. The van der Waals surface area contributed by atoms with Crippen LogP contribution in [0.5, 0.6) is 5.75 Å². The molecule has 3 heterocycles. The number of hydrogen-bond acceptors (Lipinski definition) is 7. The van der Waals surface area contributed by atoms with Gasteiger partial charge in [-0.2, -0.15) is 0 Å². The van der Waals surface area contributed by atoms with Crippen molar-refractivity contribution < 1.29 is 24.9 Å². The number of aryl methyl sites for hydroxylation is 1. The SMILES string of the molecule is Cc1ccc2c(N3CCCC(C(=O)O)C3)nc(-c3ccccc3O)nc2c1.O=C(O)C1CCCNC1. The highest BCUT2D eigenvalue weighted by atomic mass is 16.4. The minimum absolute atomic E-state index is 0.123. The Balaban J connectivity index is 0.000000286. The van der Waals surface area contributed by atoms with Gasteiger partial charge < -0.3 is 25.5 Å². The molecule has 4 N–H and O–H groups in total. The number of nitrogens with zero attached hydrogens (tertiary/aromatic N) is 3. The number of para-hydroxylation sites is 1. The molecule has 2 saturated heterocycles. The van der Waals surface area contributed by atoms with Gasteiger partial charge in [0, 0.05) is 25.0 Å². The molecule has 0 amide bonds. The molecule has 2 aliphatic heterocycles. The van der Waals surface area contributed by atoms with Gasteiger partial charge >= 0.3 is 11.9 Å². The van der Waals surface area contributed by atoms with E-state index < -0.39 is 17.9 Å². The summed E-state index contributed by atoms with van der Waals surface area (Å²) in [5, 5.41) is 32.1. The summed E-state index contributed by atoms with van der Waals surface area (Å²) in [7, 11) is 0. The van der Waals surface area contributed by atoms with E-state index in [0.717, 1.165) is 54.6 Å². The first-order valence-corrected chi connectivity index (χ1v) is 12.3. The summed E-state index contributed by atoms with van der Waals surface area (Å²) in [6.45, 7) is 4.81. The highest BCUT2D eigenvalue weighted by Gasteiger charge is 2.28. The third-order valence-electron chi connectivity index (χ3n) is 6.69. The van der Waals surface area contributed by atoms with Crippen molar-refractivity contribution in [2.24, 2.45) is 11.8 Å². The Morgan fingerprint density at radius 3 is 2.42 bits per heavy atom. The van der Waals surface area contributed by atoms with Gasteiger partial charge in [0.05, 0.1) is 22.9 Å². The molecule has 0 spiro atoms. The second-order valence-electron chi connectivity index (χ2n) is 9.41. The van der Waals surface area contributed by atoms with Crippen molar-refractivity contribution in [1.29, 1.82) is 0 Å². The van der Waals surface area contributed by atoms with Crippen LogP contribution in [-0.2, 0) is 9.59 Å². The molecule has 2 fully saturated rings. The molecule has 0 bridgehead atoms. The molecule has 0 aliphatic carbocycles. The van der Waals surface area contributed by atoms with Gasteiger partial charge in [0.2, 0.25) is 0 Å². The number of carboxylic acids is 2. The van der Waals surface area contributed by atoms with E-state index in [1.807, 2.05) is 36.1 Å². The van der Waals surface area contributed by atoms with Crippen molar-refractivity contribution in [3.05, 3.63) is 48.0 Å². The van der Waals surface area contributed by atoms with Gasteiger partial charge in [-0.25, -0.2) is 9.97 Å². The highest BCUT2D eigenvalue weighted by Crippen LogP contribution is 2.33. The summed E-state index contributed by atoms with van der Waals surface area (Å²) in [5.41, 5.74) is 2.43. The molecule has 9 nitrogen and oxygen atoms in total. The van der Waals surface area contributed by atoms with Crippen LogP contribution in [0.1, 0.15) is 31.2 Å². The summed E-state index contributed by atoms with van der Waals surface area (Å²) >= 11 is 0. The third-order valence-corrected chi connectivity index (χ3v) is 6.69. The van der Waals surface area contributed by atoms with Gasteiger partial charge in [-0.05, 0) is 69.0 Å². The smallest absolute Gasteiger partial charge is 0.308 e. The normalized spacial score (nSPS) is 19.9. The summed E-state index contributed by atoms with van der Waals surface area (Å²) < 4.78 is 0. The predicted octanol–water partition coefficient (Wildman–Crippen LogP) is 3.68. The van der Waals surface area contributed by atoms with Gasteiger partial charge in [0.25, 0.3) is 0 Å². The zero-order valence-corrected chi connectivity index (χ0v) is 20.4. The Morgan fingerprint density at radius 1 is 1.00 bits per heavy atom. The number of rotatable bonds is 4. The van der Waals surface area contributed by atoms with Crippen molar-refractivity contribution >= 4 is 28.7 Å². The van der Waals surface area contributed by atoms with E-state index in [0.29, 0.717) is 30.9 Å². The Kier molecular flexibility index (Phi) is 8.00. The number of anilines is 1. The minimum Gasteiger partial charge on any atom is -0.507 e. The van der Waals surface area contributed by atoms with Gasteiger partial charge in [0.15, 0.2) is 5.82 Å². The van der Waals surface area contributed by atoms with Crippen LogP contribution in [0.4, 0.5) is 5.82 Å². The van der Waals surface area contributed by atoms with Crippen molar-refractivity contribution in [3.8, 4) is 17.1 Å². The summed E-state index contributed by atoms with van der Waals surface area (Å²) in [6.07, 6.45) is 3.32. The maximum absolute atomic E-state index is 11.5. The lowest BCUT2D eigenvalue weighted by Gasteiger charge is -2.32. The molecule has 1 aromatic heterocycles. The molecule has 0 saturated carbocycles. The second-order valence-corrected chi connectivity index (χ2v) is 9.41. The van der Waals surface area contributed by atoms with E-state index in [9.17, 15) is 19.8 Å². The average molecular weight is 493 g/mol. The van der Waals surface area contributed by atoms with Crippen LogP contribution in [0.2, 0.25) is 0 Å². The maximum Gasteiger partial charge on any atom is 0.308 e. The molecule has 190 valence electrons. The van der Waals surface area contributed by atoms with E-state index in [4.69, 9.17) is 10.1 Å². The number of benzene rings is 2. The molecule has 2 unspecified atom stereocenters. The Morgan fingerprint density at radius 2 is 1.75 bits per heavy atom. The van der Waals surface area contributed by atoms with Crippen molar-refractivity contribution in [2.45, 2.75) is 32.6 Å². The number of piperidine rings is 2. The average Bonchev–Trinajstić information content (AvgIpc) is 2.89. The molecular weight excluding hydrogens is 460 g/mol. The summed E-state index contributed by atoms with van der Waals surface area (Å²) in [5.74, 6) is -0.682. The van der Waals surface area contributed by atoms with Crippen LogP contribution in [0.3, 0.4) is 0 Å². The number of aromatic nitrogens is 2. The standard InChI is InChI=1S/C21H21N3O3.C6H11NO2/c1-13-8-9-15-17(11-13)22-19(16-6-2-3-7-18(16)25)23-20(15)24-10-4-5-14(12-24)21(26)27;8-6(9)5-2-1-3-7-4-5/h2-3,6-9,11,14,25H,4-5,10,12H2,1H3,(H,26,27);5,7H,1-4H2,(H,8,9). The number of aromatic hydroxyl groups is 1. The fourth-order valence-corrected chi connectivity index (χ4v) is 4.68. The molecule has 5 rings (SSSR count). The van der Waals surface area contributed by atoms with Gasteiger partial charge in [0.1, 0.15) is 11.6 Å². The van der Waals surface area contributed by atoms with Crippen LogP contribution >= 0.6 is 0 Å². The van der Waals surface area contributed by atoms with E-state index in [-0.39, 0.29) is 11.7 Å². The predicted molar refractivity (Wildman–Crippen MR) is 137 cm³/mol. The Hall–Kier alpha value is -3.72. The van der Waals surface area contributed by atoms with Gasteiger partial charge in [-0.1, -0.05) is 18.2 Å². The minimum atomic E-state index is -0.769. The molecule has 0 radical (unpaired) electrons. The lowest BCUT2D eigenvalue weighted by molar-refractivity contribution is -0.143. The number of carboxylic acid groups (broad SMARTS) is 2. The number of phenolic OH excluding ortho intramolecular Hbond substituents is 1. The molecular formula is C27H32N4O5. The van der Waals surface area contributed by atoms with E-state index in [2.05, 4.69) is 10.3 Å². The first-order valence-electron chi connectivity index (χ1n) is 12.3. The molecule has 2 aromatic carbocycles. The Labute approximate surface area is 209 Å². The molecule has 2 aliphatic rings. The number of phenols is 1. The van der Waals surface area contributed by atoms with Crippen LogP contribution in [0.25, 0.3) is 22.3 Å². The van der Waals surface area contributed by atoms with Crippen molar-refractivity contribution in [3.63, 3.8) is 0 Å². The van der Waals surface area contributed by atoms with Crippen LogP contribution in [0, 0.1) is 18.8 Å². The number of fused-ring (bicyclic) bond motifs is 1. The third kappa shape index (κ3) is 5.91. The summed E-state index contributed by atoms with van der Waals surface area (Å²) in [6, 6.07) is 13.0. The zero-order valence-electron chi connectivity index (χ0n) is 20.4. The monoisotopic (exact) mass is 492 g/mol. The number of hydrogen-bond donors (Lipinski definition) is 4.